The average Bonchev–Trinajstić information content (AvgIpc) is 2.29. The quantitative estimate of drug-likeness (QED) is 0.444. The maximum Gasteiger partial charge on any atom is 0.337 e. The highest BCUT2D eigenvalue weighted by molar-refractivity contribution is 5.88. The summed E-state index contributed by atoms with van der Waals surface area (Å²) in [5.41, 5.74) is -0.753. The van der Waals surface area contributed by atoms with E-state index in [1.807, 2.05) is 0 Å². The largest absolute Gasteiger partial charge is 0.478 e. The molecule has 1 rings (SSSR count). The molecule has 1 aromatic heterocycles. The van der Waals surface area contributed by atoms with Gasteiger partial charge in [-0.3, -0.25) is 10.1 Å². The van der Waals surface area contributed by atoms with Gasteiger partial charge in [0.15, 0.2) is 0 Å². The maximum absolute atomic E-state index is 10.7. The number of hydrogen-bond acceptors (Lipinski definition) is 6. The fraction of sp³-hybridized carbons (Fsp3) is 0.333. The number of ether oxygens (including phenoxy) is 2. The molecule has 1 aromatic rings. The molecule has 1 N–H and O–H groups in total. The van der Waals surface area contributed by atoms with E-state index >= 15 is 0 Å². The Labute approximate surface area is 95.9 Å². The van der Waals surface area contributed by atoms with Crippen molar-refractivity contribution < 1.29 is 24.3 Å². The molecular formula is C9H10N2O6. The first kappa shape index (κ1) is 12.8. The lowest BCUT2D eigenvalue weighted by Crippen LogP contribution is -2.08. The summed E-state index contributed by atoms with van der Waals surface area (Å²) in [4.78, 5) is 24.2. The zero-order chi connectivity index (χ0) is 12.8. The van der Waals surface area contributed by atoms with Gasteiger partial charge < -0.3 is 14.6 Å². The lowest BCUT2D eigenvalue weighted by atomic mass is 10.2. The van der Waals surface area contributed by atoms with Crippen molar-refractivity contribution in [3.05, 3.63) is 27.9 Å². The SMILES string of the molecule is COCCOc1ncc(C(=O)O)cc1[N+](=O)[O-]. The Bertz CT molecular complexity index is 433. The molecule has 8 heteroatoms. The van der Waals surface area contributed by atoms with Crippen molar-refractivity contribution in [2.75, 3.05) is 20.3 Å². The van der Waals surface area contributed by atoms with E-state index in [1.54, 1.807) is 0 Å². The molecule has 0 radical (unpaired) electrons. The Morgan fingerprint density at radius 2 is 2.29 bits per heavy atom. The summed E-state index contributed by atoms with van der Waals surface area (Å²) in [6.45, 7) is 0.344. The van der Waals surface area contributed by atoms with Crippen LogP contribution in [0.2, 0.25) is 0 Å². The van der Waals surface area contributed by atoms with Gasteiger partial charge in [0.1, 0.15) is 6.61 Å². The van der Waals surface area contributed by atoms with Crippen LogP contribution in [0, 0.1) is 10.1 Å². The van der Waals surface area contributed by atoms with Crippen LogP contribution in [0.3, 0.4) is 0 Å². The molecule has 0 amide bonds. The highest BCUT2D eigenvalue weighted by Gasteiger charge is 2.20. The summed E-state index contributed by atoms with van der Waals surface area (Å²) < 4.78 is 9.71. The molecular weight excluding hydrogens is 232 g/mol. The van der Waals surface area contributed by atoms with Crippen LogP contribution in [0.15, 0.2) is 12.3 Å². The van der Waals surface area contributed by atoms with Gasteiger partial charge in [0.05, 0.1) is 17.1 Å². The van der Waals surface area contributed by atoms with E-state index in [0.29, 0.717) is 0 Å². The van der Waals surface area contributed by atoms with Crippen LogP contribution in [0.25, 0.3) is 0 Å². The van der Waals surface area contributed by atoms with E-state index < -0.39 is 16.6 Å². The Kier molecular flexibility index (Phi) is 4.35. The first-order chi connectivity index (χ1) is 8.06. The fourth-order valence-corrected chi connectivity index (χ4v) is 1.02. The van der Waals surface area contributed by atoms with Crippen molar-refractivity contribution in [1.29, 1.82) is 0 Å². The van der Waals surface area contributed by atoms with Crippen molar-refractivity contribution in [2.24, 2.45) is 0 Å². The van der Waals surface area contributed by atoms with Crippen molar-refractivity contribution in [2.45, 2.75) is 0 Å². The average molecular weight is 242 g/mol. The summed E-state index contributed by atoms with van der Waals surface area (Å²) in [5, 5.41) is 19.4. The number of carboxylic acid groups (broad SMARTS) is 1. The van der Waals surface area contributed by atoms with Gasteiger partial charge in [0.2, 0.25) is 0 Å². The van der Waals surface area contributed by atoms with E-state index in [9.17, 15) is 14.9 Å². The van der Waals surface area contributed by atoms with Crippen LogP contribution in [0.5, 0.6) is 5.88 Å². The Morgan fingerprint density at radius 1 is 1.59 bits per heavy atom. The topological polar surface area (TPSA) is 112 Å². The molecule has 8 nitrogen and oxygen atoms in total. The van der Waals surface area contributed by atoms with Crippen molar-refractivity contribution in [1.82, 2.24) is 4.98 Å². The standard InChI is InChI=1S/C9H10N2O6/c1-16-2-3-17-8-7(11(14)15)4-6(5-10-8)9(12)13/h4-5H,2-3H2,1H3,(H,12,13). The molecule has 1 heterocycles. The number of aromatic nitrogens is 1. The normalized spacial score (nSPS) is 9.94. The molecule has 92 valence electrons. The summed E-state index contributed by atoms with van der Waals surface area (Å²) in [6, 6.07) is 0.900. The van der Waals surface area contributed by atoms with E-state index in [0.717, 1.165) is 12.3 Å². The molecule has 0 saturated carbocycles. The van der Waals surface area contributed by atoms with Crippen LogP contribution in [-0.2, 0) is 4.74 Å². The predicted octanol–water partition coefficient (Wildman–Crippen LogP) is 0.713. The molecule has 0 aliphatic carbocycles. The van der Waals surface area contributed by atoms with Gasteiger partial charge in [0.25, 0.3) is 5.88 Å². The van der Waals surface area contributed by atoms with Gasteiger partial charge in [-0.2, -0.15) is 0 Å². The number of rotatable bonds is 6. The molecule has 0 saturated heterocycles. The smallest absolute Gasteiger partial charge is 0.337 e. The Morgan fingerprint density at radius 3 is 2.82 bits per heavy atom. The highest BCUT2D eigenvalue weighted by Crippen LogP contribution is 2.24. The highest BCUT2D eigenvalue weighted by atomic mass is 16.6. The van der Waals surface area contributed by atoms with Gasteiger partial charge in [-0.25, -0.2) is 9.78 Å². The van der Waals surface area contributed by atoms with Gasteiger partial charge >= 0.3 is 11.7 Å². The number of aromatic carboxylic acids is 1. The van der Waals surface area contributed by atoms with Gasteiger partial charge in [-0.15, -0.1) is 0 Å². The first-order valence-electron chi connectivity index (χ1n) is 4.55. The third kappa shape index (κ3) is 3.38. The lowest BCUT2D eigenvalue weighted by Gasteiger charge is -2.05. The van der Waals surface area contributed by atoms with Crippen LogP contribution in [0.4, 0.5) is 5.69 Å². The number of hydrogen-bond donors (Lipinski definition) is 1. The van der Waals surface area contributed by atoms with E-state index in [2.05, 4.69) is 4.98 Å². The number of methoxy groups -OCH3 is 1. The minimum Gasteiger partial charge on any atom is -0.478 e. The van der Waals surface area contributed by atoms with Crippen molar-refractivity contribution in [3.63, 3.8) is 0 Å². The molecule has 0 atom stereocenters. The minimum absolute atomic E-state index is 0.0940. The third-order valence-corrected chi connectivity index (χ3v) is 1.80. The van der Waals surface area contributed by atoms with E-state index in [-0.39, 0.29) is 24.7 Å². The van der Waals surface area contributed by atoms with E-state index in [1.165, 1.54) is 7.11 Å². The number of carbonyl (C=O) groups is 1. The van der Waals surface area contributed by atoms with Crippen LogP contribution < -0.4 is 4.74 Å². The van der Waals surface area contributed by atoms with Crippen LogP contribution in [-0.4, -0.2) is 41.3 Å². The molecule has 0 fully saturated rings. The zero-order valence-corrected chi connectivity index (χ0v) is 8.95. The number of nitro groups is 1. The second-order valence-corrected chi connectivity index (χ2v) is 2.95. The Balaban J connectivity index is 2.96. The van der Waals surface area contributed by atoms with Gasteiger partial charge in [0, 0.05) is 19.4 Å². The summed E-state index contributed by atoms with van der Waals surface area (Å²) in [6.07, 6.45) is 0.997. The minimum atomic E-state index is -1.29. The van der Waals surface area contributed by atoms with Crippen molar-refractivity contribution in [3.8, 4) is 5.88 Å². The second-order valence-electron chi connectivity index (χ2n) is 2.95. The molecule has 0 aromatic carbocycles. The maximum atomic E-state index is 10.7. The Hall–Kier alpha value is -2.22. The molecule has 0 spiro atoms. The van der Waals surface area contributed by atoms with Gasteiger partial charge in [-0.1, -0.05) is 0 Å². The molecule has 0 aliphatic rings. The number of carboxylic acids is 1. The fourth-order valence-electron chi connectivity index (χ4n) is 1.02. The first-order valence-corrected chi connectivity index (χ1v) is 4.55. The molecule has 17 heavy (non-hydrogen) atoms. The van der Waals surface area contributed by atoms with Gasteiger partial charge in [-0.05, 0) is 0 Å². The predicted molar refractivity (Wildman–Crippen MR) is 55.2 cm³/mol. The third-order valence-electron chi connectivity index (χ3n) is 1.80. The van der Waals surface area contributed by atoms with E-state index in [4.69, 9.17) is 14.6 Å². The lowest BCUT2D eigenvalue weighted by molar-refractivity contribution is -0.386. The summed E-state index contributed by atoms with van der Waals surface area (Å²) >= 11 is 0. The molecule has 0 unspecified atom stereocenters. The number of nitrogens with zero attached hydrogens (tertiary/aromatic N) is 2. The molecule has 0 aliphatic heterocycles. The van der Waals surface area contributed by atoms with Crippen LogP contribution >= 0.6 is 0 Å². The summed E-state index contributed by atoms with van der Waals surface area (Å²) in [7, 11) is 1.46. The number of pyridine rings is 1. The summed E-state index contributed by atoms with van der Waals surface area (Å²) in [5.74, 6) is -1.51. The monoisotopic (exact) mass is 242 g/mol. The van der Waals surface area contributed by atoms with Crippen LogP contribution in [0.1, 0.15) is 10.4 Å². The second kappa shape index (κ2) is 5.75. The zero-order valence-electron chi connectivity index (χ0n) is 8.95. The molecule has 0 bridgehead atoms. The van der Waals surface area contributed by atoms with Crippen molar-refractivity contribution >= 4 is 11.7 Å².